The van der Waals surface area contributed by atoms with Gasteiger partial charge in [0.1, 0.15) is 5.60 Å². The first kappa shape index (κ1) is 24.7. The number of ether oxygens (including phenoxy) is 1. The Kier molecular flexibility index (Phi) is 12.3. The second-order valence-corrected chi connectivity index (χ2v) is 7.32. The highest BCUT2D eigenvalue weighted by atomic mass is 16.6. The summed E-state index contributed by atoms with van der Waals surface area (Å²) in [6.07, 6.45) is 0.231. The monoisotopic (exact) mass is 348 g/mol. The van der Waals surface area contributed by atoms with Gasteiger partial charge in [0, 0.05) is 18.6 Å². The molecule has 0 atom stereocenters. The van der Waals surface area contributed by atoms with Crippen molar-refractivity contribution in [2.24, 2.45) is 11.5 Å². The van der Waals surface area contributed by atoms with Crippen molar-refractivity contribution in [3.05, 3.63) is 0 Å². The molecule has 144 valence electrons. The Balaban J connectivity index is 0. The summed E-state index contributed by atoms with van der Waals surface area (Å²) in [5, 5.41) is 11.4. The lowest BCUT2D eigenvalue weighted by molar-refractivity contribution is 0.0527. The molecule has 0 aliphatic carbocycles. The zero-order valence-electron chi connectivity index (χ0n) is 16.0. The summed E-state index contributed by atoms with van der Waals surface area (Å²) in [5.41, 5.74) is 9.79. The number of alkyl carbamates (subject to hydrolysis) is 1. The summed E-state index contributed by atoms with van der Waals surface area (Å²) in [5.74, 6) is 0. The van der Waals surface area contributed by atoms with E-state index in [1.165, 1.54) is 4.90 Å². The van der Waals surface area contributed by atoms with Gasteiger partial charge in [-0.15, -0.1) is 0 Å². The number of nitrogens with two attached hydrogens (primary N) is 2. The third-order valence-electron chi connectivity index (χ3n) is 2.68. The van der Waals surface area contributed by atoms with Crippen LogP contribution < -0.4 is 16.8 Å². The number of carbonyl (C=O) groups is 2. The van der Waals surface area contributed by atoms with Gasteiger partial charge in [-0.25, -0.2) is 9.59 Å². The molecule has 2 amide bonds. The van der Waals surface area contributed by atoms with Crippen LogP contribution in [0.2, 0.25) is 0 Å². The van der Waals surface area contributed by atoms with E-state index in [9.17, 15) is 9.59 Å². The van der Waals surface area contributed by atoms with Crippen LogP contribution in [-0.4, -0.2) is 59.5 Å². The van der Waals surface area contributed by atoms with Crippen LogP contribution in [0.5, 0.6) is 0 Å². The van der Waals surface area contributed by atoms with E-state index in [1.807, 2.05) is 41.5 Å². The molecular weight excluding hydrogens is 312 g/mol. The van der Waals surface area contributed by atoms with Gasteiger partial charge in [0.2, 0.25) is 0 Å². The molecule has 0 saturated carbocycles. The van der Waals surface area contributed by atoms with Gasteiger partial charge in [-0.3, -0.25) is 0 Å². The summed E-state index contributed by atoms with van der Waals surface area (Å²) in [4.78, 5) is 23.1. The molecular formula is C16H36N4O4. The van der Waals surface area contributed by atoms with Crippen molar-refractivity contribution in [1.29, 1.82) is 0 Å². The maximum Gasteiger partial charge on any atom is 0.407 e. The number of amides is 2. The fraction of sp³-hybridized carbons (Fsp3) is 0.875. The molecule has 8 nitrogen and oxygen atoms in total. The van der Waals surface area contributed by atoms with E-state index in [0.717, 1.165) is 6.42 Å². The molecule has 0 aromatic carbocycles. The van der Waals surface area contributed by atoms with Crippen molar-refractivity contribution in [2.45, 2.75) is 65.5 Å². The van der Waals surface area contributed by atoms with Crippen LogP contribution in [0.15, 0.2) is 0 Å². The maximum atomic E-state index is 11.0. The minimum Gasteiger partial charge on any atom is -0.465 e. The van der Waals surface area contributed by atoms with Crippen molar-refractivity contribution in [3.63, 3.8) is 0 Å². The SMILES string of the molecule is CC(C)(C)N(CCCN)C(=O)O.CC(C)(C)OC(=O)NCCCN. The van der Waals surface area contributed by atoms with Crippen molar-refractivity contribution < 1.29 is 19.4 Å². The molecule has 0 aromatic rings. The number of carboxylic acid groups (broad SMARTS) is 1. The number of nitrogens with zero attached hydrogens (tertiary/aromatic N) is 1. The fourth-order valence-corrected chi connectivity index (χ4v) is 1.57. The van der Waals surface area contributed by atoms with Crippen molar-refractivity contribution in [1.82, 2.24) is 10.2 Å². The lowest BCUT2D eigenvalue weighted by Gasteiger charge is -2.33. The maximum absolute atomic E-state index is 11.0. The van der Waals surface area contributed by atoms with Crippen molar-refractivity contribution >= 4 is 12.2 Å². The molecule has 0 unspecified atom stereocenters. The smallest absolute Gasteiger partial charge is 0.407 e. The Hall–Kier alpha value is -1.54. The molecule has 0 aliphatic rings. The molecule has 0 heterocycles. The number of carbonyl (C=O) groups excluding carboxylic acids is 1. The van der Waals surface area contributed by atoms with Crippen LogP contribution in [0.3, 0.4) is 0 Å². The van der Waals surface area contributed by atoms with Gasteiger partial charge in [-0.1, -0.05) is 0 Å². The Morgan fingerprint density at radius 1 is 1.04 bits per heavy atom. The topological polar surface area (TPSA) is 131 Å². The van der Waals surface area contributed by atoms with E-state index >= 15 is 0 Å². The molecule has 0 rings (SSSR count). The summed E-state index contributed by atoms with van der Waals surface area (Å²) in [6, 6.07) is 0. The van der Waals surface area contributed by atoms with Crippen LogP contribution in [-0.2, 0) is 4.74 Å². The standard InChI is InChI=1S/2C8H18N2O2/c1-8(2,3)12-7(11)10-6-4-5-9;1-8(2,3)10(7(11)12)6-4-5-9/h4-6,9H2,1-3H3,(H,10,11);4-6,9H2,1-3H3,(H,11,12). The first-order chi connectivity index (χ1) is 10.8. The highest BCUT2D eigenvalue weighted by Gasteiger charge is 2.24. The average Bonchev–Trinajstić information content (AvgIpc) is 2.36. The molecule has 0 bridgehead atoms. The van der Waals surface area contributed by atoms with Gasteiger partial charge in [0.05, 0.1) is 0 Å². The van der Waals surface area contributed by atoms with E-state index < -0.39 is 11.7 Å². The van der Waals surface area contributed by atoms with E-state index in [0.29, 0.717) is 32.6 Å². The van der Waals surface area contributed by atoms with E-state index in [4.69, 9.17) is 21.3 Å². The highest BCUT2D eigenvalue weighted by molar-refractivity contribution is 5.67. The predicted molar refractivity (Wildman–Crippen MR) is 96.1 cm³/mol. The Bertz CT molecular complexity index is 360. The van der Waals surface area contributed by atoms with Crippen LogP contribution in [0, 0.1) is 0 Å². The predicted octanol–water partition coefficient (Wildman–Crippen LogP) is 1.97. The third-order valence-corrected chi connectivity index (χ3v) is 2.68. The zero-order chi connectivity index (χ0) is 19.4. The van der Waals surface area contributed by atoms with Crippen LogP contribution in [0.25, 0.3) is 0 Å². The van der Waals surface area contributed by atoms with Gasteiger partial charge in [0.15, 0.2) is 0 Å². The number of hydrogen-bond acceptors (Lipinski definition) is 5. The van der Waals surface area contributed by atoms with Crippen LogP contribution >= 0.6 is 0 Å². The van der Waals surface area contributed by atoms with Gasteiger partial charge in [-0.2, -0.15) is 0 Å². The Morgan fingerprint density at radius 2 is 1.54 bits per heavy atom. The molecule has 6 N–H and O–H groups in total. The molecule has 24 heavy (non-hydrogen) atoms. The lowest BCUT2D eigenvalue weighted by atomic mass is 10.1. The van der Waals surface area contributed by atoms with Crippen LogP contribution in [0.1, 0.15) is 54.4 Å². The second kappa shape index (κ2) is 11.9. The second-order valence-electron chi connectivity index (χ2n) is 7.32. The van der Waals surface area contributed by atoms with E-state index in [2.05, 4.69) is 5.32 Å². The van der Waals surface area contributed by atoms with E-state index in [-0.39, 0.29) is 11.6 Å². The average molecular weight is 348 g/mol. The lowest BCUT2D eigenvalue weighted by Crippen LogP contribution is -2.45. The zero-order valence-corrected chi connectivity index (χ0v) is 16.0. The molecule has 0 spiro atoms. The fourth-order valence-electron chi connectivity index (χ4n) is 1.57. The molecule has 0 saturated heterocycles. The Morgan fingerprint density at radius 3 is 1.88 bits per heavy atom. The molecule has 0 aliphatic heterocycles. The van der Waals surface area contributed by atoms with Crippen molar-refractivity contribution in [3.8, 4) is 0 Å². The largest absolute Gasteiger partial charge is 0.465 e. The van der Waals surface area contributed by atoms with Gasteiger partial charge >= 0.3 is 12.2 Å². The summed E-state index contributed by atoms with van der Waals surface area (Å²) >= 11 is 0. The minimum absolute atomic E-state index is 0.332. The first-order valence-corrected chi connectivity index (χ1v) is 8.22. The summed E-state index contributed by atoms with van der Waals surface area (Å²) in [7, 11) is 0. The normalized spacial score (nSPS) is 11.2. The molecule has 0 fully saturated rings. The molecule has 0 radical (unpaired) electrons. The van der Waals surface area contributed by atoms with E-state index in [1.54, 1.807) is 0 Å². The molecule has 8 heteroatoms. The van der Waals surface area contributed by atoms with Gasteiger partial charge in [-0.05, 0) is 67.5 Å². The quantitative estimate of drug-likeness (QED) is 0.543. The first-order valence-electron chi connectivity index (χ1n) is 8.22. The number of nitrogens with one attached hydrogen (secondary N) is 1. The summed E-state index contributed by atoms with van der Waals surface area (Å²) in [6.45, 7) is 13.3. The van der Waals surface area contributed by atoms with Crippen molar-refractivity contribution in [2.75, 3.05) is 26.2 Å². The van der Waals surface area contributed by atoms with Gasteiger partial charge < -0.3 is 31.5 Å². The summed E-state index contributed by atoms with van der Waals surface area (Å²) < 4.78 is 4.99. The highest BCUT2D eigenvalue weighted by Crippen LogP contribution is 2.13. The molecule has 0 aromatic heterocycles. The van der Waals surface area contributed by atoms with Crippen LogP contribution in [0.4, 0.5) is 9.59 Å². The minimum atomic E-state index is -0.879. The van der Waals surface area contributed by atoms with Gasteiger partial charge in [0.25, 0.3) is 0 Å². The Labute approximate surface area is 145 Å². The number of hydrogen-bond donors (Lipinski definition) is 4. The number of rotatable bonds is 6. The third kappa shape index (κ3) is 15.4.